The molecular formula is C16H19ClN2S2Y-2. The van der Waals surface area contributed by atoms with Gasteiger partial charge in [-0.05, 0) is 30.2 Å². The van der Waals surface area contributed by atoms with E-state index in [1.54, 1.807) is 42.7 Å². The zero-order valence-corrected chi connectivity index (χ0v) is 18.2. The van der Waals surface area contributed by atoms with E-state index in [0.717, 1.165) is 16.3 Å². The fourth-order valence-corrected chi connectivity index (χ4v) is 2.78. The summed E-state index contributed by atoms with van der Waals surface area (Å²) in [6.45, 7) is 2.09. The number of benzene rings is 2. The molecule has 0 atom stereocenters. The average Bonchev–Trinajstić information content (AvgIpc) is 2.52. The van der Waals surface area contributed by atoms with Gasteiger partial charge in [-0.2, -0.15) is 0 Å². The summed E-state index contributed by atoms with van der Waals surface area (Å²) in [5, 5.41) is 4.58. The predicted octanol–water partition coefficient (Wildman–Crippen LogP) is 7.18. The Morgan fingerprint density at radius 1 is 1.14 bits per heavy atom. The Morgan fingerprint density at radius 3 is 2.41 bits per heavy atom. The van der Waals surface area contributed by atoms with Crippen LogP contribution in [0, 0.1) is 0 Å². The van der Waals surface area contributed by atoms with E-state index in [1.807, 2.05) is 18.2 Å². The van der Waals surface area contributed by atoms with Gasteiger partial charge in [-0.15, -0.1) is 41.9 Å². The van der Waals surface area contributed by atoms with Crippen LogP contribution in [0.5, 0.6) is 0 Å². The van der Waals surface area contributed by atoms with Gasteiger partial charge in [-0.25, -0.2) is 0 Å². The van der Waals surface area contributed by atoms with E-state index in [2.05, 4.69) is 30.6 Å². The van der Waals surface area contributed by atoms with E-state index >= 15 is 0 Å². The van der Waals surface area contributed by atoms with Crippen LogP contribution in [-0.4, -0.2) is 19.1 Å². The first-order valence-electron chi connectivity index (χ1n) is 6.48. The molecule has 0 amide bonds. The van der Waals surface area contributed by atoms with Crippen molar-refractivity contribution in [3.63, 3.8) is 0 Å². The van der Waals surface area contributed by atoms with Crippen LogP contribution < -0.4 is 0 Å². The summed E-state index contributed by atoms with van der Waals surface area (Å²) in [4.78, 5) is 2.38. The van der Waals surface area contributed by atoms with Crippen molar-refractivity contribution < 1.29 is 32.7 Å². The monoisotopic (exact) mass is 427 g/mol. The summed E-state index contributed by atoms with van der Waals surface area (Å²) in [5.41, 5.74) is 8.85. The fourth-order valence-electron chi connectivity index (χ4n) is 1.51. The fraction of sp³-hybridized carbons (Fsp3) is 0.250. The van der Waals surface area contributed by atoms with Crippen molar-refractivity contribution in [3.8, 4) is 0 Å². The van der Waals surface area contributed by atoms with Crippen molar-refractivity contribution in [3.05, 3.63) is 58.5 Å². The van der Waals surface area contributed by atoms with Crippen LogP contribution in [0.3, 0.4) is 0 Å². The molecule has 22 heavy (non-hydrogen) atoms. The van der Waals surface area contributed by atoms with Crippen molar-refractivity contribution in [2.75, 3.05) is 19.1 Å². The largest absolute Gasteiger partial charge is 0.697 e. The summed E-state index contributed by atoms with van der Waals surface area (Å²) in [7, 11) is 1.80. The number of thioether (sulfide) groups is 2. The third kappa shape index (κ3) is 8.12. The van der Waals surface area contributed by atoms with Crippen LogP contribution in [0.2, 0.25) is 5.02 Å². The molecular weight excluding hydrogens is 409 g/mol. The predicted molar refractivity (Wildman–Crippen MR) is 99.0 cm³/mol. The van der Waals surface area contributed by atoms with Gasteiger partial charge in [0.15, 0.2) is 0 Å². The van der Waals surface area contributed by atoms with Crippen molar-refractivity contribution in [2.45, 2.75) is 16.7 Å². The average molecular weight is 428 g/mol. The number of hydrogen-bond donors (Lipinski definition) is 0. The first-order valence-corrected chi connectivity index (χ1v) is 9.07. The quantitative estimate of drug-likeness (QED) is 0.485. The second kappa shape index (κ2) is 12.5. The van der Waals surface area contributed by atoms with Gasteiger partial charge in [0.25, 0.3) is 0 Å². The molecule has 0 aromatic heterocycles. The third-order valence-corrected chi connectivity index (χ3v) is 4.49. The summed E-state index contributed by atoms with van der Waals surface area (Å²) >= 11 is 9.14. The SMILES string of the molecule is CCSc1ccc(Cl)c([NH-])c1.C[N-]c1cccc(SC)c1.[Y]. The molecule has 0 saturated carbocycles. The number of nitrogens with one attached hydrogen (secondary N) is 1. The normalized spacial score (nSPS) is 9.27. The van der Waals surface area contributed by atoms with Crippen molar-refractivity contribution in [1.82, 2.24) is 0 Å². The van der Waals surface area contributed by atoms with Crippen LogP contribution in [-0.2, 0) is 32.7 Å². The minimum atomic E-state index is 0. The second-order valence-electron chi connectivity index (χ2n) is 4.00. The minimum Gasteiger partial charge on any atom is -0.697 e. The number of halogens is 1. The minimum absolute atomic E-state index is 0. The first kappa shape index (κ1) is 22.1. The molecule has 0 saturated heterocycles. The Kier molecular flexibility index (Phi) is 12.6. The molecule has 2 aromatic carbocycles. The number of nitrogens with zero attached hydrogens (tertiary/aromatic N) is 1. The van der Waals surface area contributed by atoms with Gasteiger partial charge in [-0.1, -0.05) is 42.8 Å². The molecule has 0 fully saturated rings. The van der Waals surface area contributed by atoms with Crippen LogP contribution in [0.15, 0.2) is 52.3 Å². The molecule has 6 heteroatoms. The van der Waals surface area contributed by atoms with E-state index in [1.165, 1.54) is 4.90 Å². The molecule has 0 aliphatic rings. The molecule has 2 rings (SSSR count). The Hall–Kier alpha value is 0.134. The Morgan fingerprint density at radius 2 is 1.86 bits per heavy atom. The maximum absolute atomic E-state index is 7.39. The Labute approximate surface area is 172 Å². The molecule has 2 aromatic rings. The standard InChI is InChI=1S/C8H9ClNS.C8H10NS.Y/c1-2-11-6-3-4-7(9)8(10)5-6;1-9-7-4-3-5-8(6-7)10-2;/h3-5,10H,2H2,1H3;3-6H,1-2H3;/q2*-1;. The molecule has 0 bridgehead atoms. The van der Waals surface area contributed by atoms with E-state index < -0.39 is 0 Å². The van der Waals surface area contributed by atoms with E-state index in [9.17, 15) is 0 Å². The van der Waals surface area contributed by atoms with Gasteiger partial charge in [0.2, 0.25) is 0 Å². The summed E-state index contributed by atoms with van der Waals surface area (Å²) < 4.78 is 0. The van der Waals surface area contributed by atoms with Gasteiger partial charge in [0, 0.05) is 47.5 Å². The zero-order valence-electron chi connectivity index (χ0n) is 13.0. The Balaban J connectivity index is 0.000000385. The van der Waals surface area contributed by atoms with Crippen molar-refractivity contribution in [2.24, 2.45) is 0 Å². The smallest absolute Gasteiger partial charge is 0.0255 e. The molecule has 0 aliphatic carbocycles. The van der Waals surface area contributed by atoms with Crippen LogP contribution in [0.1, 0.15) is 6.92 Å². The molecule has 0 unspecified atom stereocenters. The molecule has 0 heterocycles. The molecule has 0 spiro atoms. The van der Waals surface area contributed by atoms with Crippen LogP contribution in [0.4, 0.5) is 11.4 Å². The zero-order chi connectivity index (χ0) is 15.7. The van der Waals surface area contributed by atoms with Gasteiger partial charge in [-0.3, -0.25) is 0 Å². The number of rotatable bonds is 4. The van der Waals surface area contributed by atoms with Gasteiger partial charge >= 0.3 is 0 Å². The summed E-state index contributed by atoms with van der Waals surface area (Å²) in [6.07, 6.45) is 2.06. The van der Waals surface area contributed by atoms with Crippen molar-refractivity contribution >= 4 is 46.5 Å². The summed E-state index contributed by atoms with van der Waals surface area (Å²) in [5.74, 6) is 1.03. The molecule has 2 nitrogen and oxygen atoms in total. The van der Waals surface area contributed by atoms with E-state index in [4.69, 9.17) is 17.3 Å². The van der Waals surface area contributed by atoms with Gasteiger partial charge < -0.3 is 11.1 Å². The molecule has 1 N–H and O–H groups in total. The maximum Gasteiger partial charge on any atom is 0.0255 e. The molecule has 0 aliphatic heterocycles. The van der Waals surface area contributed by atoms with Crippen molar-refractivity contribution in [1.29, 1.82) is 0 Å². The third-order valence-electron chi connectivity index (χ3n) is 2.56. The number of hydrogen-bond acceptors (Lipinski definition) is 2. The Bertz CT molecular complexity index is 548. The van der Waals surface area contributed by atoms with E-state index in [-0.39, 0.29) is 32.7 Å². The second-order valence-corrected chi connectivity index (χ2v) is 6.62. The topological polar surface area (TPSA) is 37.9 Å². The summed E-state index contributed by atoms with van der Waals surface area (Å²) in [6, 6.07) is 13.7. The first-order chi connectivity index (χ1) is 10.1. The molecule has 117 valence electrons. The maximum atomic E-state index is 7.39. The van der Waals surface area contributed by atoms with Crippen LogP contribution in [0.25, 0.3) is 11.1 Å². The molecule has 1 radical (unpaired) electrons. The van der Waals surface area contributed by atoms with Gasteiger partial charge in [0.05, 0.1) is 0 Å². The van der Waals surface area contributed by atoms with Gasteiger partial charge in [0.1, 0.15) is 0 Å². The van der Waals surface area contributed by atoms with Crippen LogP contribution >= 0.6 is 35.1 Å². The van der Waals surface area contributed by atoms with E-state index in [0.29, 0.717) is 10.7 Å².